The number of hydrogen-bond acceptors (Lipinski definition) is 5. The Hall–Kier alpha value is -3.85. The summed E-state index contributed by atoms with van der Waals surface area (Å²) < 4.78 is 5.59. The molecule has 1 amide bonds. The number of nitrogens with one attached hydrogen (secondary N) is 2. The summed E-state index contributed by atoms with van der Waals surface area (Å²) in [6, 6.07) is 19.8. The fraction of sp³-hybridized carbons (Fsp3) is 0.136. The van der Waals surface area contributed by atoms with E-state index in [9.17, 15) is 4.79 Å². The van der Waals surface area contributed by atoms with Gasteiger partial charge in [0.15, 0.2) is 0 Å². The Kier molecular flexibility index (Phi) is 5.87. The number of nitriles is 1. The molecule has 140 valence electrons. The molecule has 3 rings (SSSR count). The summed E-state index contributed by atoms with van der Waals surface area (Å²) in [6.07, 6.45) is 1.69. The standard InChI is InChI=1S/C22H20N4O2/c1-15(2)28-20-10-7-18(8-11-20)26-22(27)21-12-9-19(14-24-21)25-17-5-3-16(13-23)4-6-17/h3-12,14-15,25H,1-2H3,(H,26,27). The largest absolute Gasteiger partial charge is 0.491 e. The first kappa shape index (κ1) is 18.9. The van der Waals surface area contributed by atoms with Crippen molar-refractivity contribution < 1.29 is 9.53 Å². The lowest BCUT2D eigenvalue weighted by molar-refractivity contribution is 0.102. The summed E-state index contributed by atoms with van der Waals surface area (Å²) in [5.74, 6) is 0.465. The molecule has 0 saturated carbocycles. The minimum absolute atomic E-state index is 0.0982. The van der Waals surface area contributed by atoms with Crippen LogP contribution in [0.1, 0.15) is 29.9 Å². The lowest BCUT2D eigenvalue weighted by Crippen LogP contribution is -2.13. The molecule has 0 atom stereocenters. The molecule has 6 heteroatoms. The van der Waals surface area contributed by atoms with Crippen LogP contribution in [0.4, 0.5) is 17.1 Å². The van der Waals surface area contributed by atoms with Crippen LogP contribution in [0.5, 0.6) is 5.75 Å². The molecule has 1 aromatic heterocycles. The monoisotopic (exact) mass is 372 g/mol. The fourth-order valence-electron chi connectivity index (χ4n) is 2.48. The van der Waals surface area contributed by atoms with Crippen molar-refractivity contribution in [3.63, 3.8) is 0 Å². The predicted octanol–water partition coefficient (Wildman–Crippen LogP) is 4.74. The quantitative estimate of drug-likeness (QED) is 0.653. The van der Waals surface area contributed by atoms with E-state index in [1.54, 1.807) is 42.6 Å². The Morgan fingerprint density at radius 3 is 2.18 bits per heavy atom. The molecule has 0 aliphatic carbocycles. The van der Waals surface area contributed by atoms with E-state index in [0.29, 0.717) is 16.9 Å². The lowest BCUT2D eigenvalue weighted by atomic mass is 10.2. The van der Waals surface area contributed by atoms with Crippen molar-refractivity contribution >= 4 is 23.0 Å². The van der Waals surface area contributed by atoms with Crippen LogP contribution in [-0.2, 0) is 0 Å². The van der Waals surface area contributed by atoms with Crippen molar-refractivity contribution in [3.8, 4) is 11.8 Å². The van der Waals surface area contributed by atoms with E-state index in [0.717, 1.165) is 17.1 Å². The molecule has 6 nitrogen and oxygen atoms in total. The van der Waals surface area contributed by atoms with E-state index >= 15 is 0 Å². The van der Waals surface area contributed by atoms with Crippen LogP contribution in [0.25, 0.3) is 0 Å². The molecule has 0 aliphatic heterocycles. The maximum atomic E-state index is 12.4. The van der Waals surface area contributed by atoms with Gasteiger partial charge in [0.25, 0.3) is 5.91 Å². The number of nitrogens with zero attached hydrogens (tertiary/aromatic N) is 2. The number of rotatable bonds is 6. The lowest BCUT2D eigenvalue weighted by Gasteiger charge is -2.11. The zero-order valence-electron chi connectivity index (χ0n) is 15.6. The molecular formula is C22H20N4O2. The highest BCUT2D eigenvalue weighted by atomic mass is 16.5. The number of hydrogen-bond donors (Lipinski definition) is 2. The number of aromatic nitrogens is 1. The summed E-state index contributed by atoms with van der Waals surface area (Å²) >= 11 is 0. The fourth-order valence-corrected chi connectivity index (χ4v) is 2.48. The van der Waals surface area contributed by atoms with Crippen molar-refractivity contribution in [2.45, 2.75) is 20.0 Å². The minimum atomic E-state index is -0.289. The second-order valence-electron chi connectivity index (χ2n) is 6.39. The van der Waals surface area contributed by atoms with Gasteiger partial charge in [0.05, 0.1) is 29.6 Å². The zero-order valence-corrected chi connectivity index (χ0v) is 15.6. The van der Waals surface area contributed by atoms with Gasteiger partial charge in [0.2, 0.25) is 0 Å². The third-order valence-electron chi connectivity index (χ3n) is 3.78. The Balaban J connectivity index is 1.60. The third kappa shape index (κ3) is 5.08. The average molecular weight is 372 g/mol. The summed E-state index contributed by atoms with van der Waals surface area (Å²) in [5.41, 5.74) is 3.16. The molecular weight excluding hydrogens is 352 g/mol. The average Bonchev–Trinajstić information content (AvgIpc) is 2.70. The number of carbonyl (C=O) groups excluding carboxylic acids is 1. The summed E-state index contributed by atoms with van der Waals surface area (Å²) in [6.45, 7) is 3.92. The molecule has 0 bridgehead atoms. The zero-order chi connectivity index (χ0) is 19.9. The topological polar surface area (TPSA) is 87.0 Å². The molecule has 1 heterocycles. The van der Waals surface area contributed by atoms with Crippen LogP contribution < -0.4 is 15.4 Å². The molecule has 28 heavy (non-hydrogen) atoms. The van der Waals surface area contributed by atoms with Gasteiger partial charge in [0, 0.05) is 11.4 Å². The summed E-state index contributed by atoms with van der Waals surface area (Å²) in [5, 5.41) is 14.8. The molecule has 0 radical (unpaired) electrons. The van der Waals surface area contributed by atoms with E-state index in [-0.39, 0.29) is 12.0 Å². The predicted molar refractivity (Wildman–Crippen MR) is 109 cm³/mol. The summed E-state index contributed by atoms with van der Waals surface area (Å²) in [4.78, 5) is 16.6. The first-order chi connectivity index (χ1) is 13.5. The van der Waals surface area contributed by atoms with Gasteiger partial charge in [-0.1, -0.05) is 0 Å². The van der Waals surface area contributed by atoms with Gasteiger partial charge in [-0.15, -0.1) is 0 Å². The smallest absolute Gasteiger partial charge is 0.274 e. The number of carbonyl (C=O) groups is 1. The van der Waals surface area contributed by atoms with Gasteiger partial charge in [-0.3, -0.25) is 4.79 Å². The molecule has 0 aliphatic rings. The van der Waals surface area contributed by atoms with Gasteiger partial charge in [-0.2, -0.15) is 5.26 Å². The molecule has 3 aromatic rings. The maximum absolute atomic E-state index is 12.4. The van der Waals surface area contributed by atoms with Crippen molar-refractivity contribution in [2.24, 2.45) is 0 Å². The second kappa shape index (κ2) is 8.69. The normalized spacial score (nSPS) is 10.2. The first-order valence-corrected chi connectivity index (χ1v) is 8.85. The van der Waals surface area contributed by atoms with Crippen molar-refractivity contribution in [2.75, 3.05) is 10.6 Å². The van der Waals surface area contributed by atoms with Gasteiger partial charge in [0.1, 0.15) is 11.4 Å². The molecule has 0 fully saturated rings. The van der Waals surface area contributed by atoms with Gasteiger partial charge in [-0.25, -0.2) is 4.98 Å². The Labute approximate surface area is 163 Å². The minimum Gasteiger partial charge on any atom is -0.491 e. The highest BCUT2D eigenvalue weighted by molar-refractivity contribution is 6.03. The first-order valence-electron chi connectivity index (χ1n) is 8.85. The van der Waals surface area contributed by atoms with E-state index in [4.69, 9.17) is 10.00 Å². The van der Waals surface area contributed by atoms with Crippen LogP contribution in [-0.4, -0.2) is 17.0 Å². The van der Waals surface area contributed by atoms with E-state index < -0.39 is 0 Å². The van der Waals surface area contributed by atoms with Crippen LogP contribution in [0.15, 0.2) is 66.9 Å². The highest BCUT2D eigenvalue weighted by Gasteiger charge is 2.08. The van der Waals surface area contributed by atoms with Crippen LogP contribution in [0.3, 0.4) is 0 Å². The number of ether oxygens (including phenoxy) is 1. The highest BCUT2D eigenvalue weighted by Crippen LogP contribution is 2.19. The maximum Gasteiger partial charge on any atom is 0.274 e. The number of anilines is 3. The van der Waals surface area contributed by atoms with Crippen molar-refractivity contribution in [1.29, 1.82) is 5.26 Å². The second-order valence-corrected chi connectivity index (χ2v) is 6.39. The Morgan fingerprint density at radius 2 is 1.61 bits per heavy atom. The number of pyridine rings is 1. The molecule has 0 saturated heterocycles. The third-order valence-corrected chi connectivity index (χ3v) is 3.78. The molecule has 0 spiro atoms. The van der Waals surface area contributed by atoms with Gasteiger partial charge < -0.3 is 15.4 Å². The van der Waals surface area contributed by atoms with Crippen molar-refractivity contribution in [1.82, 2.24) is 4.98 Å². The van der Waals surface area contributed by atoms with Gasteiger partial charge >= 0.3 is 0 Å². The SMILES string of the molecule is CC(C)Oc1ccc(NC(=O)c2ccc(Nc3ccc(C#N)cc3)cn2)cc1. The van der Waals surface area contributed by atoms with Crippen LogP contribution in [0.2, 0.25) is 0 Å². The Bertz CT molecular complexity index is 973. The Morgan fingerprint density at radius 1 is 0.964 bits per heavy atom. The van der Waals surface area contributed by atoms with E-state index in [1.807, 2.05) is 38.1 Å². The molecule has 0 unspecified atom stereocenters. The summed E-state index contributed by atoms with van der Waals surface area (Å²) in [7, 11) is 0. The van der Waals surface area contributed by atoms with Crippen LogP contribution in [0, 0.1) is 11.3 Å². The van der Waals surface area contributed by atoms with E-state index in [1.165, 1.54) is 0 Å². The van der Waals surface area contributed by atoms with Gasteiger partial charge in [-0.05, 0) is 74.5 Å². The van der Waals surface area contributed by atoms with E-state index in [2.05, 4.69) is 21.7 Å². The number of benzene rings is 2. The molecule has 2 aromatic carbocycles. The number of amides is 1. The molecule has 2 N–H and O–H groups in total. The van der Waals surface area contributed by atoms with Crippen LogP contribution >= 0.6 is 0 Å². The van der Waals surface area contributed by atoms with Crippen molar-refractivity contribution in [3.05, 3.63) is 78.1 Å².